The van der Waals surface area contributed by atoms with Gasteiger partial charge >= 0.3 is 0 Å². The fraction of sp³-hybridized carbons (Fsp3) is 0.429. The van der Waals surface area contributed by atoms with Gasteiger partial charge in [0, 0.05) is 12.6 Å². The first-order chi connectivity index (χ1) is 6.86. The van der Waals surface area contributed by atoms with Crippen molar-refractivity contribution in [2.75, 3.05) is 6.54 Å². The number of nitrogens with one attached hydrogen (secondary N) is 1. The number of sulfonamides is 1. The molecule has 1 rings (SSSR count). The van der Waals surface area contributed by atoms with Gasteiger partial charge in [0.05, 0.1) is 3.79 Å². The third-order valence-electron chi connectivity index (χ3n) is 1.62. The summed E-state index contributed by atoms with van der Waals surface area (Å²) in [5, 5.41) is 0. The number of hydrogen-bond donors (Lipinski definition) is 2. The van der Waals surface area contributed by atoms with Crippen molar-refractivity contribution in [3.63, 3.8) is 0 Å². The zero-order valence-electron chi connectivity index (χ0n) is 7.83. The van der Waals surface area contributed by atoms with Gasteiger partial charge < -0.3 is 5.73 Å². The van der Waals surface area contributed by atoms with E-state index < -0.39 is 10.0 Å². The van der Waals surface area contributed by atoms with Crippen LogP contribution in [-0.4, -0.2) is 21.0 Å². The summed E-state index contributed by atoms with van der Waals surface area (Å²) in [6.07, 6.45) is 0. The second kappa shape index (κ2) is 5.11. The molecular weight excluding hydrogens is 324 g/mol. The Balaban J connectivity index is 3.01. The molecule has 1 aromatic rings. The Labute approximate surface area is 106 Å². The van der Waals surface area contributed by atoms with Crippen molar-refractivity contribution in [3.05, 3.63) is 14.2 Å². The highest BCUT2D eigenvalue weighted by Crippen LogP contribution is 2.34. The van der Waals surface area contributed by atoms with Gasteiger partial charge in [-0.25, -0.2) is 13.1 Å². The van der Waals surface area contributed by atoms with E-state index >= 15 is 0 Å². The Morgan fingerprint density at radius 2 is 2.33 bits per heavy atom. The zero-order chi connectivity index (χ0) is 11.6. The van der Waals surface area contributed by atoms with Crippen LogP contribution in [0.3, 0.4) is 0 Å². The van der Waals surface area contributed by atoms with E-state index in [2.05, 4.69) is 20.7 Å². The van der Waals surface area contributed by atoms with E-state index in [4.69, 9.17) is 17.3 Å². The third kappa shape index (κ3) is 3.40. The molecule has 1 aromatic heterocycles. The molecular formula is C7H10BrClN2O2S2. The van der Waals surface area contributed by atoms with Gasteiger partial charge in [-0.15, -0.1) is 11.3 Å². The van der Waals surface area contributed by atoms with Gasteiger partial charge in [0.15, 0.2) is 0 Å². The third-order valence-corrected chi connectivity index (χ3v) is 5.34. The highest BCUT2D eigenvalue weighted by atomic mass is 79.9. The maximum Gasteiger partial charge on any atom is 0.243 e. The first kappa shape index (κ1) is 13.4. The van der Waals surface area contributed by atoms with Crippen molar-refractivity contribution in [2.24, 2.45) is 5.73 Å². The van der Waals surface area contributed by atoms with E-state index in [9.17, 15) is 8.42 Å². The van der Waals surface area contributed by atoms with Gasteiger partial charge in [-0.1, -0.05) is 11.6 Å². The van der Waals surface area contributed by atoms with Gasteiger partial charge in [0.1, 0.15) is 9.23 Å². The van der Waals surface area contributed by atoms with Gasteiger partial charge in [0.25, 0.3) is 0 Å². The summed E-state index contributed by atoms with van der Waals surface area (Å²) in [5.74, 6) is 0. The molecule has 0 aliphatic heterocycles. The fourth-order valence-corrected chi connectivity index (χ4v) is 4.91. The van der Waals surface area contributed by atoms with Gasteiger partial charge in [-0.05, 0) is 28.9 Å². The summed E-state index contributed by atoms with van der Waals surface area (Å²) in [7, 11) is -3.56. The molecule has 0 bridgehead atoms. The second-order valence-electron chi connectivity index (χ2n) is 2.95. The molecule has 15 heavy (non-hydrogen) atoms. The molecule has 0 amide bonds. The number of halogens is 2. The summed E-state index contributed by atoms with van der Waals surface area (Å²) in [5.41, 5.74) is 5.33. The normalized spacial score (nSPS) is 14.1. The molecule has 0 saturated carbocycles. The molecule has 86 valence electrons. The lowest BCUT2D eigenvalue weighted by molar-refractivity contribution is 0.563. The van der Waals surface area contributed by atoms with Crippen LogP contribution in [0.1, 0.15) is 6.92 Å². The smallest absolute Gasteiger partial charge is 0.243 e. The van der Waals surface area contributed by atoms with Crippen LogP contribution in [0.5, 0.6) is 0 Å². The predicted molar refractivity (Wildman–Crippen MR) is 65.9 cm³/mol. The Hall–Kier alpha value is 0.340. The molecule has 1 atom stereocenters. The molecule has 0 radical (unpaired) electrons. The monoisotopic (exact) mass is 332 g/mol. The summed E-state index contributed by atoms with van der Waals surface area (Å²) in [4.78, 5) is 0.0846. The van der Waals surface area contributed by atoms with E-state index in [0.29, 0.717) is 3.79 Å². The molecule has 8 heteroatoms. The molecule has 1 heterocycles. The van der Waals surface area contributed by atoms with E-state index in [1.54, 1.807) is 6.92 Å². The summed E-state index contributed by atoms with van der Waals surface area (Å²) < 4.78 is 26.9. The fourth-order valence-electron chi connectivity index (χ4n) is 0.885. The minimum Gasteiger partial charge on any atom is -0.329 e. The van der Waals surface area contributed by atoms with Crippen LogP contribution in [0, 0.1) is 0 Å². The molecule has 0 fully saturated rings. The predicted octanol–water partition coefficient (Wildman–Crippen LogP) is 1.79. The molecule has 0 unspecified atom stereocenters. The lowest BCUT2D eigenvalue weighted by Gasteiger charge is -2.10. The quantitative estimate of drug-likeness (QED) is 0.882. The Bertz CT molecular complexity index is 446. The van der Waals surface area contributed by atoms with Crippen molar-refractivity contribution in [3.8, 4) is 0 Å². The standard InChI is InChI=1S/C7H10BrClN2O2S2/c1-4(3-10)11-15(12,13)5-2-6(8)14-7(5)9/h2,4,11H,3,10H2,1H3/t4-/m1/s1. The van der Waals surface area contributed by atoms with Gasteiger partial charge in [0.2, 0.25) is 10.0 Å². The Morgan fingerprint density at radius 3 is 2.73 bits per heavy atom. The highest BCUT2D eigenvalue weighted by molar-refractivity contribution is 9.11. The molecule has 0 aromatic carbocycles. The maximum atomic E-state index is 11.8. The first-order valence-electron chi connectivity index (χ1n) is 4.04. The van der Waals surface area contributed by atoms with Crippen LogP contribution in [0.25, 0.3) is 0 Å². The van der Waals surface area contributed by atoms with Crippen molar-refractivity contribution in [1.82, 2.24) is 4.72 Å². The first-order valence-corrected chi connectivity index (χ1v) is 7.51. The number of hydrogen-bond acceptors (Lipinski definition) is 4. The number of nitrogens with two attached hydrogens (primary N) is 1. The van der Waals surface area contributed by atoms with Gasteiger partial charge in [-0.3, -0.25) is 0 Å². The van der Waals surface area contributed by atoms with Crippen LogP contribution in [0.4, 0.5) is 0 Å². The van der Waals surface area contributed by atoms with Crippen molar-refractivity contribution < 1.29 is 8.42 Å². The van der Waals surface area contributed by atoms with Crippen molar-refractivity contribution >= 4 is 48.9 Å². The molecule has 0 aliphatic rings. The second-order valence-corrected chi connectivity index (χ2v) is 7.66. The summed E-state index contributed by atoms with van der Waals surface area (Å²) >= 11 is 10.1. The average molecular weight is 334 g/mol. The molecule has 4 nitrogen and oxygen atoms in total. The summed E-state index contributed by atoms with van der Waals surface area (Å²) in [6, 6.07) is 1.16. The van der Waals surface area contributed by atoms with E-state index in [0.717, 1.165) is 11.3 Å². The summed E-state index contributed by atoms with van der Waals surface area (Å²) in [6.45, 7) is 1.93. The Morgan fingerprint density at radius 1 is 1.73 bits per heavy atom. The van der Waals surface area contributed by atoms with E-state index in [1.807, 2.05) is 0 Å². The maximum absolute atomic E-state index is 11.8. The molecule has 0 aliphatic carbocycles. The largest absolute Gasteiger partial charge is 0.329 e. The van der Waals surface area contributed by atoms with Crippen LogP contribution in [0.15, 0.2) is 14.7 Å². The average Bonchev–Trinajstić information content (AvgIpc) is 2.45. The molecule has 3 N–H and O–H groups in total. The van der Waals surface area contributed by atoms with Gasteiger partial charge in [-0.2, -0.15) is 0 Å². The van der Waals surface area contributed by atoms with E-state index in [1.165, 1.54) is 6.07 Å². The van der Waals surface area contributed by atoms with Crippen LogP contribution >= 0.6 is 38.9 Å². The van der Waals surface area contributed by atoms with Crippen LogP contribution < -0.4 is 10.5 Å². The van der Waals surface area contributed by atoms with Crippen LogP contribution in [0.2, 0.25) is 4.34 Å². The SMILES string of the molecule is C[C@H](CN)NS(=O)(=O)c1cc(Br)sc1Cl. The highest BCUT2D eigenvalue weighted by Gasteiger charge is 2.22. The van der Waals surface area contributed by atoms with Crippen molar-refractivity contribution in [1.29, 1.82) is 0 Å². The minimum atomic E-state index is -3.56. The van der Waals surface area contributed by atoms with Crippen molar-refractivity contribution in [2.45, 2.75) is 17.9 Å². The molecule has 0 saturated heterocycles. The minimum absolute atomic E-state index is 0.0846. The topological polar surface area (TPSA) is 72.2 Å². The zero-order valence-corrected chi connectivity index (χ0v) is 11.8. The van der Waals surface area contributed by atoms with E-state index in [-0.39, 0.29) is 21.8 Å². The Kier molecular flexibility index (Phi) is 4.57. The molecule has 0 spiro atoms. The lowest BCUT2D eigenvalue weighted by atomic mass is 10.4. The number of rotatable bonds is 4. The lowest BCUT2D eigenvalue weighted by Crippen LogP contribution is -2.37. The number of thiophene rings is 1. The van der Waals surface area contributed by atoms with Crippen LogP contribution in [-0.2, 0) is 10.0 Å².